The summed E-state index contributed by atoms with van der Waals surface area (Å²) in [5.41, 5.74) is 5.12. The number of rotatable bonds is 13. The monoisotopic (exact) mass is 551 g/mol. The number of carbonyl (C=O) groups excluding carboxylic acids is 1. The van der Waals surface area contributed by atoms with E-state index in [1.807, 2.05) is 79.9 Å². The van der Waals surface area contributed by atoms with Crippen molar-refractivity contribution in [2.24, 2.45) is 0 Å². The molecular formula is C32H34LiNO5S. The number of aryl methyl sites for hydroxylation is 1. The summed E-state index contributed by atoms with van der Waals surface area (Å²) in [4.78, 5) is 25.1. The normalized spacial score (nSPS) is 12.2. The van der Waals surface area contributed by atoms with Crippen molar-refractivity contribution in [3.05, 3.63) is 119 Å². The number of ether oxygens (including phenoxy) is 1. The van der Waals surface area contributed by atoms with Crippen LogP contribution in [0, 0.1) is 6.92 Å². The number of amides is 1. The average Bonchev–Trinajstić information content (AvgIpc) is 3.49. The van der Waals surface area contributed by atoms with E-state index in [2.05, 4.69) is 17.4 Å². The Labute approximate surface area is 251 Å². The van der Waals surface area contributed by atoms with Crippen LogP contribution in [0.2, 0.25) is 0 Å². The van der Waals surface area contributed by atoms with Gasteiger partial charge in [0.15, 0.2) is 0 Å². The predicted octanol–water partition coefficient (Wildman–Crippen LogP) is 6.04. The Morgan fingerprint density at radius 3 is 2.38 bits per heavy atom. The Balaban J connectivity index is 0.00000441. The van der Waals surface area contributed by atoms with Crippen molar-refractivity contribution in [1.29, 1.82) is 0 Å². The number of thioether (sulfide) groups is 1. The fraction of sp³-hybridized carbons (Fsp3) is 0.250. The van der Waals surface area contributed by atoms with Crippen molar-refractivity contribution in [2.45, 2.75) is 38.5 Å². The van der Waals surface area contributed by atoms with Crippen LogP contribution in [0.3, 0.4) is 0 Å². The Morgan fingerprint density at radius 1 is 0.950 bits per heavy atom. The van der Waals surface area contributed by atoms with Crippen molar-refractivity contribution in [2.75, 3.05) is 12.0 Å². The van der Waals surface area contributed by atoms with Gasteiger partial charge in [-0.25, -0.2) is 4.79 Å². The minimum atomic E-state index is -1.04. The van der Waals surface area contributed by atoms with E-state index in [4.69, 9.17) is 9.15 Å². The number of nitrogens with one attached hydrogen (secondary N) is 1. The van der Waals surface area contributed by atoms with Crippen molar-refractivity contribution in [1.82, 2.24) is 5.32 Å². The molecule has 0 saturated carbocycles. The fourth-order valence-electron chi connectivity index (χ4n) is 4.45. The molecule has 0 aliphatic carbocycles. The molecule has 0 aliphatic heterocycles. The Hall–Kier alpha value is -3.21. The van der Waals surface area contributed by atoms with Crippen LogP contribution in [0.4, 0.5) is 0 Å². The molecule has 0 saturated heterocycles. The van der Waals surface area contributed by atoms with Crippen LogP contribution in [-0.4, -0.2) is 53.9 Å². The van der Waals surface area contributed by atoms with Crippen LogP contribution in [0.25, 0.3) is 11.1 Å². The molecule has 1 heterocycles. The van der Waals surface area contributed by atoms with Gasteiger partial charge in [-0.3, -0.25) is 4.79 Å². The fourth-order valence-corrected chi connectivity index (χ4v) is 4.92. The van der Waals surface area contributed by atoms with Gasteiger partial charge in [-0.1, -0.05) is 60.7 Å². The second kappa shape index (κ2) is 15.5. The third-order valence-corrected chi connectivity index (χ3v) is 7.20. The zero-order chi connectivity index (χ0) is 27.6. The van der Waals surface area contributed by atoms with Crippen molar-refractivity contribution in [3.63, 3.8) is 0 Å². The first-order valence-electron chi connectivity index (χ1n) is 12.9. The summed E-state index contributed by atoms with van der Waals surface area (Å²) >= 11 is 1.55. The average molecular weight is 552 g/mol. The summed E-state index contributed by atoms with van der Waals surface area (Å²) < 4.78 is 12.0. The molecule has 0 fully saturated rings. The summed E-state index contributed by atoms with van der Waals surface area (Å²) in [5.74, 6) is -0.0641. The summed E-state index contributed by atoms with van der Waals surface area (Å²) in [7, 11) is 0. The van der Waals surface area contributed by atoms with Gasteiger partial charge in [0.2, 0.25) is 0 Å². The number of benzene rings is 3. The molecule has 40 heavy (non-hydrogen) atoms. The molecule has 4 rings (SSSR count). The molecule has 4 aromatic rings. The first kappa shape index (κ1) is 31.3. The van der Waals surface area contributed by atoms with E-state index in [9.17, 15) is 14.7 Å². The maximum absolute atomic E-state index is 13.3. The summed E-state index contributed by atoms with van der Waals surface area (Å²) in [6, 6.07) is 26.3. The van der Waals surface area contributed by atoms with Gasteiger partial charge in [-0.2, -0.15) is 11.8 Å². The molecule has 0 spiro atoms. The van der Waals surface area contributed by atoms with E-state index < -0.39 is 17.9 Å². The second-order valence-electron chi connectivity index (χ2n) is 9.35. The predicted molar refractivity (Wildman–Crippen MR) is 162 cm³/mol. The van der Waals surface area contributed by atoms with Gasteiger partial charge >= 0.3 is 24.8 Å². The third kappa shape index (κ3) is 8.39. The van der Waals surface area contributed by atoms with Crippen LogP contribution in [0.15, 0.2) is 95.6 Å². The Kier molecular flexibility index (Phi) is 12.2. The number of carboxylic acids is 1. The second-order valence-corrected chi connectivity index (χ2v) is 10.3. The molecule has 2 unspecified atom stereocenters. The Bertz CT molecular complexity index is 1380. The van der Waals surface area contributed by atoms with Gasteiger partial charge in [0.05, 0.1) is 12.9 Å². The number of furan rings is 1. The molecule has 2 N–H and O–H groups in total. The standard InChI is InChI=1S/C32H33NO5S.Li.H/c1-22-9-6-7-12-25(22)27-19-24(14-15-26(27)31(34)33-28(32(35)36)16-18-39-2)21-38-30(29-13-8-17-37-29)20-23-10-4-3-5-11-23;;/h3-15,17,19,28,30H,16,18,20-21H2,1-2H3,(H,33,34)(H,35,36);;. The summed E-state index contributed by atoms with van der Waals surface area (Å²) in [6.07, 6.45) is 4.29. The molecule has 6 nitrogen and oxygen atoms in total. The zero-order valence-corrected chi connectivity index (χ0v) is 22.9. The molecule has 1 amide bonds. The van der Waals surface area contributed by atoms with Gasteiger partial charge in [0.25, 0.3) is 5.91 Å². The molecule has 2 atom stereocenters. The SMILES string of the molecule is CSCCC(NC(=O)c1ccc(COC(Cc2ccccc2)c2ccco2)cc1-c1ccccc1C)C(=O)O.[LiH]. The molecular weight excluding hydrogens is 517 g/mol. The van der Waals surface area contributed by atoms with E-state index in [-0.39, 0.29) is 25.0 Å². The number of hydrogen-bond donors (Lipinski definition) is 2. The maximum atomic E-state index is 13.3. The van der Waals surface area contributed by atoms with E-state index >= 15 is 0 Å². The van der Waals surface area contributed by atoms with Crippen LogP contribution in [0.5, 0.6) is 0 Å². The Morgan fingerprint density at radius 2 is 1.70 bits per heavy atom. The summed E-state index contributed by atoms with van der Waals surface area (Å²) in [5, 5.41) is 12.3. The molecule has 0 radical (unpaired) electrons. The van der Waals surface area contributed by atoms with E-state index in [0.29, 0.717) is 30.8 Å². The van der Waals surface area contributed by atoms with Gasteiger partial charge < -0.3 is 19.6 Å². The third-order valence-electron chi connectivity index (χ3n) is 6.55. The topological polar surface area (TPSA) is 88.8 Å². The molecule has 0 bridgehead atoms. The van der Waals surface area contributed by atoms with Gasteiger partial charge in [-0.05, 0) is 77.4 Å². The summed E-state index contributed by atoms with van der Waals surface area (Å²) in [6.45, 7) is 2.30. The number of carboxylic acid groups (broad SMARTS) is 1. The van der Waals surface area contributed by atoms with E-state index in [1.54, 1.807) is 24.1 Å². The van der Waals surface area contributed by atoms with Gasteiger partial charge in [0, 0.05) is 12.0 Å². The molecule has 1 aromatic heterocycles. The zero-order valence-electron chi connectivity index (χ0n) is 22.1. The van der Waals surface area contributed by atoms with Gasteiger partial charge in [-0.15, -0.1) is 0 Å². The van der Waals surface area contributed by atoms with Crippen molar-refractivity contribution < 1.29 is 23.8 Å². The van der Waals surface area contributed by atoms with Crippen LogP contribution < -0.4 is 5.32 Å². The van der Waals surface area contributed by atoms with Crippen LogP contribution in [-0.2, 0) is 22.6 Å². The van der Waals surface area contributed by atoms with Gasteiger partial charge in [0.1, 0.15) is 17.9 Å². The van der Waals surface area contributed by atoms with Crippen LogP contribution >= 0.6 is 11.8 Å². The minimum absolute atomic E-state index is 0. The number of aliphatic carboxylic acids is 1. The number of hydrogen-bond acceptors (Lipinski definition) is 5. The first-order chi connectivity index (χ1) is 19.0. The number of carbonyl (C=O) groups is 2. The molecule has 0 aliphatic rings. The first-order valence-corrected chi connectivity index (χ1v) is 14.3. The molecule has 8 heteroatoms. The quantitative estimate of drug-likeness (QED) is 0.197. The van der Waals surface area contributed by atoms with Crippen LogP contribution in [0.1, 0.15) is 45.3 Å². The van der Waals surface area contributed by atoms with E-state index in [0.717, 1.165) is 33.6 Å². The molecule has 3 aromatic carbocycles. The van der Waals surface area contributed by atoms with Crippen molar-refractivity contribution >= 4 is 42.5 Å². The van der Waals surface area contributed by atoms with E-state index in [1.165, 1.54) is 0 Å². The van der Waals surface area contributed by atoms with Crippen molar-refractivity contribution in [3.8, 4) is 11.1 Å². The molecule has 204 valence electrons.